The Morgan fingerprint density at radius 1 is 1.37 bits per heavy atom. The van der Waals surface area contributed by atoms with Crippen molar-refractivity contribution in [3.63, 3.8) is 0 Å². The third-order valence-corrected chi connectivity index (χ3v) is 3.63. The zero-order chi connectivity index (χ0) is 13.8. The number of nitrogens with two attached hydrogens (primary N) is 1. The molecule has 1 fully saturated rings. The minimum absolute atomic E-state index is 0.0619. The molecule has 2 N–H and O–H groups in total. The van der Waals surface area contributed by atoms with E-state index in [4.69, 9.17) is 5.73 Å². The van der Waals surface area contributed by atoms with Gasteiger partial charge in [-0.3, -0.25) is 9.69 Å². The molecule has 4 heteroatoms. The Hall–Kier alpha value is -1.39. The van der Waals surface area contributed by atoms with Gasteiger partial charge < -0.3 is 10.6 Å². The van der Waals surface area contributed by atoms with Gasteiger partial charge in [0.15, 0.2) is 0 Å². The van der Waals surface area contributed by atoms with Crippen LogP contribution in [0.1, 0.15) is 19.4 Å². The highest BCUT2D eigenvalue weighted by molar-refractivity contribution is 5.81. The molecule has 4 nitrogen and oxygen atoms in total. The maximum atomic E-state index is 12.0. The molecule has 1 saturated heterocycles. The van der Waals surface area contributed by atoms with Crippen molar-refractivity contribution in [1.82, 2.24) is 9.80 Å². The fraction of sp³-hybridized carbons (Fsp3) is 0.533. The first-order chi connectivity index (χ1) is 9.08. The summed E-state index contributed by atoms with van der Waals surface area (Å²) in [6.07, 6.45) is 0. The fourth-order valence-electron chi connectivity index (χ4n) is 2.61. The first-order valence-electron chi connectivity index (χ1n) is 6.90. The lowest BCUT2D eigenvalue weighted by atomic mass is 10.1. The molecule has 19 heavy (non-hydrogen) atoms. The first kappa shape index (κ1) is 14.0. The largest absolute Gasteiger partial charge is 0.336 e. The summed E-state index contributed by atoms with van der Waals surface area (Å²) in [6.45, 7) is 7.40. The van der Waals surface area contributed by atoms with E-state index in [2.05, 4.69) is 36.1 Å². The highest BCUT2D eigenvalue weighted by Crippen LogP contribution is 2.13. The van der Waals surface area contributed by atoms with Crippen molar-refractivity contribution in [3.8, 4) is 0 Å². The average molecular weight is 261 g/mol. The van der Waals surface area contributed by atoms with Gasteiger partial charge in [0.25, 0.3) is 0 Å². The summed E-state index contributed by atoms with van der Waals surface area (Å²) in [4.78, 5) is 16.3. The number of piperazine rings is 1. The van der Waals surface area contributed by atoms with Crippen LogP contribution in [0.4, 0.5) is 0 Å². The Balaban J connectivity index is 1.91. The number of hydrogen-bond acceptors (Lipinski definition) is 3. The maximum absolute atomic E-state index is 12.0. The molecule has 1 aliphatic rings. The van der Waals surface area contributed by atoms with Gasteiger partial charge >= 0.3 is 0 Å². The summed E-state index contributed by atoms with van der Waals surface area (Å²) < 4.78 is 0. The number of hydrogen-bond donors (Lipinski definition) is 1. The molecule has 0 bridgehead atoms. The van der Waals surface area contributed by atoms with Gasteiger partial charge in [0.2, 0.25) is 5.91 Å². The summed E-state index contributed by atoms with van der Waals surface area (Å²) in [6, 6.07) is 10.3. The van der Waals surface area contributed by atoms with Crippen molar-refractivity contribution >= 4 is 5.91 Å². The fourth-order valence-corrected chi connectivity index (χ4v) is 2.61. The molecule has 0 spiro atoms. The van der Waals surface area contributed by atoms with E-state index in [9.17, 15) is 4.79 Å². The molecule has 2 atom stereocenters. The van der Waals surface area contributed by atoms with Crippen LogP contribution >= 0.6 is 0 Å². The molecule has 1 aromatic carbocycles. The maximum Gasteiger partial charge on any atom is 0.239 e. The Bertz CT molecular complexity index is 419. The minimum Gasteiger partial charge on any atom is -0.336 e. The minimum atomic E-state index is -0.400. The van der Waals surface area contributed by atoms with E-state index in [-0.39, 0.29) is 11.9 Å². The molecule has 1 heterocycles. The molecule has 104 valence electrons. The van der Waals surface area contributed by atoms with E-state index in [0.29, 0.717) is 0 Å². The Morgan fingerprint density at radius 3 is 2.63 bits per heavy atom. The van der Waals surface area contributed by atoms with Crippen molar-refractivity contribution in [2.45, 2.75) is 32.5 Å². The number of benzene rings is 1. The van der Waals surface area contributed by atoms with E-state index in [0.717, 1.165) is 26.2 Å². The van der Waals surface area contributed by atoms with E-state index in [1.807, 2.05) is 11.0 Å². The van der Waals surface area contributed by atoms with E-state index in [1.165, 1.54) is 5.56 Å². The van der Waals surface area contributed by atoms with Gasteiger partial charge in [-0.2, -0.15) is 0 Å². The summed E-state index contributed by atoms with van der Waals surface area (Å²) in [5.41, 5.74) is 7.00. The molecule has 0 aromatic heterocycles. The van der Waals surface area contributed by atoms with E-state index < -0.39 is 6.04 Å². The van der Waals surface area contributed by atoms with Crippen molar-refractivity contribution in [2.24, 2.45) is 5.73 Å². The van der Waals surface area contributed by atoms with Gasteiger partial charge in [-0.15, -0.1) is 0 Å². The Labute approximate surface area is 115 Å². The number of amides is 1. The lowest BCUT2D eigenvalue weighted by Crippen LogP contribution is -2.56. The molecule has 1 amide bonds. The summed E-state index contributed by atoms with van der Waals surface area (Å²) in [7, 11) is 0. The highest BCUT2D eigenvalue weighted by atomic mass is 16.2. The van der Waals surface area contributed by atoms with Crippen LogP contribution in [0.5, 0.6) is 0 Å². The highest BCUT2D eigenvalue weighted by Gasteiger charge is 2.28. The van der Waals surface area contributed by atoms with Crippen molar-refractivity contribution in [1.29, 1.82) is 0 Å². The van der Waals surface area contributed by atoms with Crippen LogP contribution in [0.3, 0.4) is 0 Å². The molecular weight excluding hydrogens is 238 g/mol. The number of carbonyl (C=O) groups excluding carboxylic acids is 1. The Kier molecular flexibility index (Phi) is 4.56. The van der Waals surface area contributed by atoms with Crippen molar-refractivity contribution in [2.75, 3.05) is 19.6 Å². The zero-order valence-electron chi connectivity index (χ0n) is 11.7. The van der Waals surface area contributed by atoms with Crippen LogP contribution in [0.25, 0.3) is 0 Å². The van der Waals surface area contributed by atoms with Crippen LogP contribution in [-0.4, -0.2) is 47.4 Å². The second-order valence-electron chi connectivity index (χ2n) is 5.39. The van der Waals surface area contributed by atoms with Crippen LogP contribution in [-0.2, 0) is 11.3 Å². The third-order valence-electron chi connectivity index (χ3n) is 3.63. The van der Waals surface area contributed by atoms with Gasteiger partial charge in [-0.05, 0) is 19.4 Å². The molecule has 1 aromatic rings. The first-order valence-corrected chi connectivity index (χ1v) is 6.90. The predicted molar refractivity (Wildman–Crippen MR) is 76.5 cm³/mol. The van der Waals surface area contributed by atoms with Crippen LogP contribution in [0.2, 0.25) is 0 Å². The van der Waals surface area contributed by atoms with Gasteiger partial charge in [-0.1, -0.05) is 30.3 Å². The molecule has 0 saturated carbocycles. The van der Waals surface area contributed by atoms with Crippen LogP contribution in [0, 0.1) is 0 Å². The van der Waals surface area contributed by atoms with Crippen LogP contribution < -0.4 is 5.73 Å². The van der Waals surface area contributed by atoms with Crippen molar-refractivity contribution < 1.29 is 4.79 Å². The third kappa shape index (κ3) is 3.55. The molecule has 0 aliphatic carbocycles. The molecule has 0 unspecified atom stereocenters. The molecular formula is C15H23N3O. The van der Waals surface area contributed by atoms with Gasteiger partial charge in [0, 0.05) is 32.2 Å². The SMILES string of the molecule is C[C@H](N)C(=O)N1CCN(Cc2ccccc2)C[C@H]1C. The number of carbonyl (C=O) groups is 1. The Morgan fingerprint density at radius 2 is 2.05 bits per heavy atom. The van der Waals surface area contributed by atoms with E-state index >= 15 is 0 Å². The smallest absolute Gasteiger partial charge is 0.239 e. The standard InChI is InChI=1S/C15H23N3O/c1-12-10-17(11-14-6-4-3-5-7-14)8-9-18(12)15(19)13(2)16/h3-7,12-13H,8-11,16H2,1-2H3/t12-,13+/m1/s1. The molecule has 0 radical (unpaired) electrons. The zero-order valence-corrected chi connectivity index (χ0v) is 11.7. The normalized spacial score (nSPS) is 22.3. The summed E-state index contributed by atoms with van der Waals surface area (Å²) >= 11 is 0. The lowest BCUT2D eigenvalue weighted by molar-refractivity contribution is -0.136. The average Bonchev–Trinajstić information content (AvgIpc) is 2.39. The second-order valence-corrected chi connectivity index (χ2v) is 5.39. The summed E-state index contributed by atoms with van der Waals surface area (Å²) in [5.74, 6) is 0.0619. The molecule has 1 aliphatic heterocycles. The van der Waals surface area contributed by atoms with Gasteiger partial charge in [0.1, 0.15) is 0 Å². The van der Waals surface area contributed by atoms with E-state index in [1.54, 1.807) is 6.92 Å². The molecule has 2 rings (SSSR count). The van der Waals surface area contributed by atoms with Gasteiger partial charge in [-0.25, -0.2) is 0 Å². The van der Waals surface area contributed by atoms with Gasteiger partial charge in [0.05, 0.1) is 6.04 Å². The number of nitrogens with zero attached hydrogens (tertiary/aromatic N) is 2. The monoisotopic (exact) mass is 261 g/mol. The van der Waals surface area contributed by atoms with Crippen molar-refractivity contribution in [3.05, 3.63) is 35.9 Å². The lowest BCUT2D eigenvalue weighted by Gasteiger charge is -2.40. The quantitative estimate of drug-likeness (QED) is 0.885. The van der Waals surface area contributed by atoms with Crippen LogP contribution in [0.15, 0.2) is 30.3 Å². The summed E-state index contributed by atoms with van der Waals surface area (Å²) in [5, 5.41) is 0. The topological polar surface area (TPSA) is 49.6 Å². The predicted octanol–water partition coefficient (Wildman–Crippen LogP) is 1.07. The second kappa shape index (κ2) is 6.17. The number of rotatable bonds is 3.